The molecule has 0 aromatic heterocycles. The van der Waals surface area contributed by atoms with Gasteiger partial charge in [0.2, 0.25) is 5.91 Å². The van der Waals surface area contributed by atoms with Gasteiger partial charge in [-0.3, -0.25) is 9.59 Å². The average Bonchev–Trinajstić information content (AvgIpc) is 2.91. The Kier molecular flexibility index (Phi) is 4.66. The maximum Gasteiger partial charge on any atom is 0.306 e. The normalized spacial score (nSPS) is 22.8. The first-order valence-electron chi connectivity index (χ1n) is 7.48. The first-order chi connectivity index (χ1) is 9.88. The third-order valence-corrected chi connectivity index (χ3v) is 4.54. The Hall–Kier alpha value is -1.84. The number of nitrogens with one attached hydrogen (secondary N) is 1. The minimum absolute atomic E-state index is 0.0236. The van der Waals surface area contributed by atoms with Crippen LogP contribution in [-0.2, 0) is 9.59 Å². The molecule has 4 heteroatoms. The van der Waals surface area contributed by atoms with Crippen molar-refractivity contribution in [2.24, 2.45) is 11.8 Å². The van der Waals surface area contributed by atoms with Gasteiger partial charge in [0, 0.05) is 5.92 Å². The minimum atomic E-state index is -0.785. The lowest BCUT2D eigenvalue weighted by atomic mass is 10.0. The largest absolute Gasteiger partial charge is 0.481 e. The zero-order valence-electron chi connectivity index (χ0n) is 12.8. The molecule has 0 radical (unpaired) electrons. The topological polar surface area (TPSA) is 66.4 Å². The van der Waals surface area contributed by atoms with Crippen LogP contribution in [0.15, 0.2) is 18.2 Å². The minimum Gasteiger partial charge on any atom is -0.481 e. The number of hydrogen-bond acceptors (Lipinski definition) is 2. The number of carboxylic acids is 1. The second-order valence-corrected chi connectivity index (χ2v) is 6.12. The van der Waals surface area contributed by atoms with Gasteiger partial charge >= 0.3 is 5.97 Å². The zero-order valence-corrected chi connectivity index (χ0v) is 12.8. The van der Waals surface area contributed by atoms with Crippen molar-refractivity contribution < 1.29 is 14.7 Å². The molecular weight excluding hydrogens is 266 g/mol. The summed E-state index contributed by atoms with van der Waals surface area (Å²) in [6, 6.07) is 6.13. The maximum atomic E-state index is 12.2. The standard InChI is InChI=1S/C17H23NO3/c1-10-4-5-13(8-11(10)2)12(3)18-16(19)14-6-7-15(9-14)17(20)21/h4-5,8,12,14-15H,6-7,9H2,1-3H3,(H,18,19)(H,20,21)/t12?,14-,15+/m1/s1. The van der Waals surface area contributed by atoms with Crippen LogP contribution in [0.5, 0.6) is 0 Å². The van der Waals surface area contributed by atoms with Crippen molar-refractivity contribution in [1.82, 2.24) is 5.32 Å². The number of carbonyl (C=O) groups is 2. The molecule has 0 heterocycles. The van der Waals surface area contributed by atoms with Crippen LogP contribution >= 0.6 is 0 Å². The van der Waals surface area contributed by atoms with Gasteiger partial charge in [-0.2, -0.15) is 0 Å². The van der Waals surface area contributed by atoms with Crippen molar-refractivity contribution >= 4 is 11.9 Å². The van der Waals surface area contributed by atoms with Gasteiger partial charge in [0.1, 0.15) is 0 Å². The summed E-state index contributed by atoms with van der Waals surface area (Å²) in [6.07, 6.45) is 1.73. The molecule has 2 N–H and O–H groups in total. The van der Waals surface area contributed by atoms with Gasteiger partial charge in [-0.05, 0) is 56.7 Å². The number of hydrogen-bond donors (Lipinski definition) is 2. The molecule has 2 rings (SSSR count). The lowest BCUT2D eigenvalue weighted by Crippen LogP contribution is -2.32. The monoisotopic (exact) mass is 289 g/mol. The van der Waals surface area contributed by atoms with Crippen molar-refractivity contribution in [2.45, 2.75) is 46.1 Å². The second-order valence-electron chi connectivity index (χ2n) is 6.12. The summed E-state index contributed by atoms with van der Waals surface area (Å²) in [6.45, 7) is 6.08. The van der Waals surface area contributed by atoms with E-state index >= 15 is 0 Å². The summed E-state index contributed by atoms with van der Waals surface area (Å²) < 4.78 is 0. The summed E-state index contributed by atoms with van der Waals surface area (Å²) in [5, 5.41) is 12.0. The van der Waals surface area contributed by atoms with Crippen LogP contribution in [0.2, 0.25) is 0 Å². The maximum absolute atomic E-state index is 12.2. The number of aryl methyl sites for hydroxylation is 2. The van der Waals surface area contributed by atoms with Crippen molar-refractivity contribution in [1.29, 1.82) is 0 Å². The van der Waals surface area contributed by atoms with Crippen molar-refractivity contribution in [3.8, 4) is 0 Å². The van der Waals surface area contributed by atoms with Crippen molar-refractivity contribution in [3.05, 3.63) is 34.9 Å². The van der Waals surface area contributed by atoms with E-state index in [-0.39, 0.29) is 23.8 Å². The highest BCUT2D eigenvalue weighted by Gasteiger charge is 2.34. The predicted octanol–water partition coefficient (Wildman–Crippen LogP) is 2.98. The second kappa shape index (κ2) is 6.29. The molecule has 0 aliphatic heterocycles. The van der Waals surface area contributed by atoms with E-state index in [0.717, 1.165) is 5.56 Å². The Morgan fingerprint density at radius 3 is 2.43 bits per heavy atom. The van der Waals surface area contributed by atoms with E-state index in [4.69, 9.17) is 5.11 Å². The quantitative estimate of drug-likeness (QED) is 0.895. The van der Waals surface area contributed by atoms with E-state index in [1.54, 1.807) is 0 Å². The van der Waals surface area contributed by atoms with Crippen LogP contribution in [0.3, 0.4) is 0 Å². The fraction of sp³-hybridized carbons (Fsp3) is 0.529. The van der Waals surface area contributed by atoms with Crippen LogP contribution in [0.4, 0.5) is 0 Å². The molecule has 1 aliphatic carbocycles. The molecule has 21 heavy (non-hydrogen) atoms. The van der Waals surface area contributed by atoms with Crippen LogP contribution < -0.4 is 5.32 Å². The van der Waals surface area contributed by atoms with Crippen LogP contribution in [0, 0.1) is 25.7 Å². The number of aliphatic carboxylic acids is 1. The molecule has 114 valence electrons. The Balaban J connectivity index is 1.96. The fourth-order valence-corrected chi connectivity index (χ4v) is 2.89. The van der Waals surface area contributed by atoms with Gasteiger partial charge in [0.05, 0.1) is 12.0 Å². The van der Waals surface area contributed by atoms with E-state index in [2.05, 4.69) is 31.3 Å². The van der Waals surface area contributed by atoms with E-state index in [0.29, 0.717) is 19.3 Å². The molecular formula is C17H23NO3. The Bertz CT molecular complexity index is 553. The number of rotatable bonds is 4. The highest BCUT2D eigenvalue weighted by molar-refractivity contribution is 5.81. The number of amides is 1. The Labute approximate surface area is 125 Å². The van der Waals surface area contributed by atoms with E-state index in [1.807, 2.05) is 13.0 Å². The zero-order chi connectivity index (χ0) is 15.6. The molecule has 3 atom stereocenters. The molecule has 0 bridgehead atoms. The Morgan fingerprint density at radius 1 is 1.19 bits per heavy atom. The summed E-state index contributed by atoms with van der Waals surface area (Å²) in [7, 11) is 0. The summed E-state index contributed by atoms with van der Waals surface area (Å²) >= 11 is 0. The molecule has 1 aromatic carbocycles. The average molecular weight is 289 g/mol. The van der Waals surface area contributed by atoms with E-state index in [1.165, 1.54) is 11.1 Å². The first-order valence-corrected chi connectivity index (χ1v) is 7.48. The summed E-state index contributed by atoms with van der Waals surface area (Å²) in [5.74, 6) is -1.34. The van der Waals surface area contributed by atoms with Crippen molar-refractivity contribution in [3.63, 3.8) is 0 Å². The smallest absolute Gasteiger partial charge is 0.306 e. The van der Waals surface area contributed by atoms with E-state index in [9.17, 15) is 9.59 Å². The third-order valence-electron chi connectivity index (χ3n) is 4.54. The van der Waals surface area contributed by atoms with Gasteiger partial charge in [-0.15, -0.1) is 0 Å². The van der Waals surface area contributed by atoms with Crippen molar-refractivity contribution in [2.75, 3.05) is 0 Å². The van der Waals surface area contributed by atoms with Gasteiger partial charge in [-0.25, -0.2) is 0 Å². The van der Waals surface area contributed by atoms with Crippen LogP contribution in [0.25, 0.3) is 0 Å². The highest BCUT2D eigenvalue weighted by Crippen LogP contribution is 2.31. The molecule has 1 amide bonds. The summed E-state index contributed by atoms with van der Waals surface area (Å²) in [5.41, 5.74) is 3.53. The predicted molar refractivity (Wildman–Crippen MR) is 80.9 cm³/mol. The van der Waals surface area contributed by atoms with Gasteiger partial charge < -0.3 is 10.4 Å². The first kappa shape index (κ1) is 15.5. The lowest BCUT2D eigenvalue weighted by Gasteiger charge is -2.18. The SMILES string of the molecule is Cc1ccc(C(C)NC(=O)[C@@H]2CC[C@H](C(=O)O)C2)cc1C. The molecule has 0 spiro atoms. The molecule has 4 nitrogen and oxygen atoms in total. The molecule has 1 unspecified atom stereocenters. The number of carboxylic acid groups (broad SMARTS) is 1. The highest BCUT2D eigenvalue weighted by atomic mass is 16.4. The summed E-state index contributed by atoms with van der Waals surface area (Å²) in [4.78, 5) is 23.2. The number of benzene rings is 1. The van der Waals surface area contributed by atoms with Gasteiger partial charge in [0.15, 0.2) is 0 Å². The lowest BCUT2D eigenvalue weighted by molar-refractivity contribution is -0.141. The third kappa shape index (κ3) is 3.63. The van der Waals surface area contributed by atoms with Crippen LogP contribution in [0.1, 0.15) is 48.9 Å². The molecule has 1 fully saturated rings. The molecule has 1 aromatic rings. The van der Waals surface area contributed by atoms with Gasteiger partial charge in [-0.1, -0.05) is 18.2 Å². The molecule has 0 saturated heterocycles. The fourth-order valence-electron chi connectivity index (χ4n) is 2.89. The number of carbonyl (C=O) groups excluding carboxylic acids is 1. The van der Waals surface area contributed by atoms with Gasteiger partial charge in [0.25, 0.3) is 0 Å². The Morgan fingerprint density at radius 2 is 1.86 bits per heavy atom. The van der Waals surface area contributed by atoms with Crippen LogP contribution in [-0.4, -0.2) is 17.0 Å². The van der Waals surface area contributed by atoms with E-state index < -0.39 is 5.97 Å². The molecule has 1 aliphatic rings. The molecule has 1 saturated carbocycles.